The Bertz CT molecular complexity index is 646. The molecule has 0 aliphatic rings. The molecule has 0 radical (unpaired) electrons. The number of hydrogen-bond donors (Lipinski definition) is 2. The van der Waals surface area contributed by atoms with Crippen LogP contribution in [0.5, 0.6) is 0 Å². The Hall–Kier alpha value is -1.88. The van der Waals surface area contributed by atoms with E-state index in [1.807, 2.05) is 0 Å². The Balaban J connectivity index is 2.15. The maximum Gasteiger partial charge on any atom is 0.251 e. The predicted molar refractivity (Wildman–Crippen MR) is 80.8 cm³/mol. The van der Waals surface area contributed by atoms with Crippen LogP contribution in [0.3, 0.4) is 0 Å². The second kappa shape index (κ2) is 6.05. The van der Waals surface area contributed by atoms with Crippen molar-refractivity contribution in [1.29, 1.82) is 0 Å². The summed E-state index contributed by atoms with van der Waals surface area (Å²) in [6, 6.07) is 10.9. The third kappa shape index (κ3) is 3.17. The summed E-state index contributed by atoms with van der Waals surface area (Å²) in [6.07, 6.45) is 0. The van der Waals surface area contributed by atoms with Crippen LogP contribution in [0.2, 0.25) is 0 Å². The van der Waals surface area contributed by atoms with Crippen molar-refractivity contribution < 1.29 is 9.18 Å². The summed E-state index contributed by atoms with van der Waals surface area (Å²) in [7, 11) is 0. The maximum atomic E-state index is 13.6. The third-order valence-electron chi connectivity index (χ3n) is 2.98. The summed E-state index contributed by atoms with van der Waals surface area (Å²) in [6.45, 7) is 1.74. The van der Waals surface area contributed by atoms with E-state index in [9.17, 15) is 9.18 Å². The number of amides is 1. The van der Waals surface area contributed by atoms with E-state index in [2.05, 4.69) is 21.2 Å². The highest BCUT2D eigenvalue weighted by Crippen LogP contribution is 2.21. The molecule has 3 N–H and O–H groups in total. The minimum Gasteiger partial charge on any atom is -0.398 e. The number of halogens is 2. The van der Waals surface area contributed by atoms with Gasteiger partial charge in [-0.15, -0.1) is 0 Å². The molecule has 1 unspecified atom stereocenters. The number of benzene rings is 2. The van der Waals surface area contributed by atoms with Gasteiger partial charge in [0, 0.05) is 21.3 Å². The van der Waals surface area contributed by atoms with Crippen molar-refractivity contribution in [2.75, 3.05) is 5.73 Å². The Morgan fingerprint density at radius 3 is 2.65 bits per heavy atom. The third-order valence-corrected chi connectivity index (χ3v) is 3.67. The molecule has 0 aromatic heterocycles. The molecule has 2 aromatic rings. The molecule has 0 saturated carbocycles. The Kier molecular flexibility index (Phi) is 4.39. The molecule has 0 fully saturated rings. The standard InChI is InChI=1S/C15H14BrFN2O/c1-9(11-4-2-3-5-13(11)17)19-15(20)10-6-7-14(18)12(16)8-10/h2-9H,18H2,1H3,(H,19,20). The van der Waals surface area contributed by atoms with E-state index in [4.69, 9.17) is 5.73 Å². The summed E-state index contributed by atoms with van der Waals surface area (Å²) in [5.74, 6) is -0.611. The molecule has 0 aliphatic heterocycles. The highest BCUT2D eigenvalue weighted by Gasteiger charge is 2.14. The van der Waals surface area contributed by atoms with Gasteiger partial charge in [-0.25, -0.2) is 4.39 Å². The van der Waals surface area contributed by atoms with Crippen LogP contribution in [0.25, 0.3) is 0 Å². The predicted octanol–water partition coefficient (Wildman–Crippen LogP) is 3.66. The number of nitrogens with one attached hydrogen (secondary N) is 1. The highest BCUT2D eigenvalue weighted by atomic mass is 79.9. The van der Waals surface area contributed by atoms with Gasteiger partial charge in [0.05, 0.1) is 6.04 Å². The lowest BCUT2D eigenvalue weighted by Gasteiger charge is -2.15. The molecule has 104 valence electrons. The Morgan fingerprint density at radius 2 is 2.00 bits per heavy atom. The van der Waals surface area contributed by atoms with Gasteiger partial charge >= 0.3 is 0 Å². The normalized spacial score (nSPS) is 11.9. The van der Waals surface area contributed by atoms with E-state index < -0.39 is 6.04 Å². The number of carbonyl (C=O) groups is 1. The monoisotopic (exact) mass is 336 g/mol. The van der Waals surface area contributed by atoms with Crippen LogP contribution in [-0.4, -0.2) is 5.91 Å². The smallest absolute Gasteiger partial charge is 0.251 e. The summed E-state index contributed by atoms with van der Waals surface area (Å²) in [5, 5.41) is 2.76. The fraction of sp³-hybridized carbons (Fsp3) is 0.133. The molecule has 1 atom stereocenters. The highest BCUT2D eigenvalue weighted by molar-refractivity contribution is 9.10. The minimum atomic E-state index is -0.417. The van der Waals surface area contributed by atoms with Crippen molar-refractivity contribution in [1.82, 2.24) is 5.32 Å². The number of carbonyl (C=O) groups excluding carboxylic acids is 1. The lowest BCUT2D eigenvalue weighted by atomic mass is 10.1. The number of anilines is 1. The van der Waals surface area contributed by atoms with E-state index >= 15 is 0 Å². The number of nitrogen functional groups attached to an aromatic ring is 1. The first kappa shape index (κ1) is 14.5. The van der Waals surface area contributed by atoms with Crippen molar-refractivity contribution in [2.24, 2.45) is 0 Å². The van der Waals surface area contributed by atoms with Gasteiger partial charge in [0.1, 0.15) is 5.82 Å². The fourth-order valence-corrected chi connectivity index (χ4v) is 2.23. The van der Waals surface area contributed by atoms with Crippen LogP contribution >= 0.6 is 15.9 Å². The number of hydrogen-bond acceptors (Lipinski definition) is 2. The second-order valence-corrected chi connectivity index (χ2v) is 5.31. The summed E-state index contributed by atoms with van der Waals surface area (Å²) in [4.78, 5) is 12.1. The van der Waals surface area contributed by atoms with Crippen molar-refractivity contribution in [3.05, 3.63) is 63.9 Å². The molecule has 2 aromatic carbocycles. The molecule has 2 rings (SSSR count). The minimum absolute atomic E-state index is 0.276. The van der Waals surface area contributed by atoms with E-state index in [1.54, 1.807) is 43.3 Å². The first-order chi connectivity index (χ1) is 9.49. The molecular formula is C15H14BrFN2O. The summed E-state index contributed by atoms with van der Waals surface area (Å²) in [5.41, 5.74) is 7.15. The van der Waals surface area contributed by atoms with Crippen molar-refractivity contribution >= 4 is 27.5 Å². The largest absolute Gasteiger partial charge is 0.398 e. The molecule has 1 amide bonds. The zero-order valence-corrected chi connectivity index (χ0v) is 12.4. The van der Waals surface area contributed by atoms with Crippen LogP contribution in [0.1, 0.15) is 28.9 Å². The number of rotatable bonds is 3. The molecule has 20 heavy (non-hydrogen) atoms. The van der Waals surface area contributed by atoms with Gasteiger partial charge in [0.2, 0.25) is 0 Å². The zero-order chi connectivity index (χ0) is 14.7. The topological polar surface area (TPSA) is 55.1 Å². The van der Waals surface area contributed by atoms with E-state index in [1.165, 1.54) is 6.07 Å². The Labute approximate surface area is 125 Å². The van der Waals surface area contributed by atoms with E-state index in [0.717, 1.165) is 0 Å². The molecule has 0 spiro atoms. The van der Waals surface area contributed by atoms with Crippen LogP contribution < -0.4 is 11.1 Å². The van der Waals surface area contributed by atoms with Crippen LogP contribution in [-0.2, 0) is 0 Å². The van der Waals surface area contributed by atoms with Gasteiger partial charge in [0.15, 0.2) is 0 Å². The van der Waals surface area contributed by atoms with Gasteiger partial charge in [0.25, 0.3) is 5.91 Å². The van der Waals surface area contributed by atoms with Crippen molar-refractivity contribution in [2.45, 2.75) is 13.0 Å². The van der Waals surface area contributed by atoms with E-state index in [-0.39, 0.29) is 11.7 Å². The Morgan fingerprint density at radius 1 is 1.30 bits per heavy atom. The van der Waals surface area contributed by atoms with Crippen LogP contribution in [0.4, 0.5) is 10.1 Å². The van der Waals surface area contributed by atoms with Crippen LogP contribution in [0, 0.1) is 5.82 Å². The van der Waals surface area contributed by atoms with Gasteiger partial charge < -0.3 is 11.1 Å². The SMILES string of the molecule is CC(NC(=O)c1ccc(N)c(Br)c1)c1ccccc1F. The maximum absolute atomic E-state index is 13.6. The van der Waals surface area contributed by atoms with Gasteiger partial charge in [-0.2, -0.15) is 0 Å². The molecule has 0 bridgehead atoms. The second-order valence-electron chi connectivity index (χ2n) is 4.45. The molecule has 0 aliphatic carbocycles. The molecule has 5 heteroatoms. The van der Waals surface area contributed by atoms with Gasteiger partial charge in [-0.3, -0.25) is 4.79 Å². The summed E-state index contributed by atoms with van der Waals surface area (Å²) < 4.78 is 14.3. The molecular weight excluding hydrogens is 323 g/mol. The zero-order valence-electron chi connectivity index (χ0n) is 10.9. The molecule has 0 saturated heterocycles. The lowest BCUT2D eigenvalue weighted by molar-refractivity contribution is 0.0939. The number of nitrogens with two attached hydrogens (primary N) is 1. The fourth-order valence-electron chi connectivity index (χ4n) is 1.85. The molecule has 3 nitrogen and oxygen atoms in total. The van der Waals surface area contributed by atoms with Gasteiger partial charge in [-0.1, -0.05) is 18.2 Å². The first-order valence-electron chi connectivity index (χ1n) is 6.09. The summed E-state index contributed by atoms with van der Waals surface area (Å²) >= 11 is 3.27. The lowest BCUT2D eigenvalue weighted by Crippen LogP contribution is -2.27. The first-order valence-corrected chi connectivity index (χ1v) is 6.88. The quantitative estimate of drug-likeness (QED) is 0.840. The molecule has 0 heterocycles. The van der Waals surface area contributed by atoms with Crippen molar-refractivity contribution in [3.8, 4) is 0 Å². The van der Waals surface area contributed by atoms with Crippen molar-refractivity contribution in [3.63, 3.8) is 0 Å². The van der Waals surface area contributed by atoms with Gasteiger partial charge in [-0.05, 0) is 47.1 Å². The average molecular weight is 337 g/mol. The van der Waals surface area contributed by atoms with Crippen LogP contribution in [0.15, 0.2) is 46.9 Å². The van der Waals surface area contributed by atoms with E-state index in [0.29, 0.717) is 21.3 Å². The average Bonchev–Trinajstić information content (AvgIpc) is 2.42.